The van der Waals surface area contributed by atoms with Crippen LogP contribution in [0.4, 0.5) is 5.82 Å². The molecule has 2 rings (SSSR count). The SMILES string of the molecule is Cc1ccc(-n2nc(C(C)C)cc2NC(=O)C(C)CN)cc1. The van der Waals surface area contributed by atoms with Crippen LogP contribution in [0.2, 0.25) is 0 Å². The molecule has 0 spiro atoms. The van der Waals surface area contributed by atoms with Gasteiger partial charge in [-0.3, -0.25) is 4.79 Å². The number of nitrogens with zero attached hydrogens (tertiary/aromatic N) is 2. The van der Waals surface area contributed by atoms with Crippen LogP contribution in [-0.4, -0.2) is 22.2 Å². The van der Waals surface area contributed by atoms with Gasteiger partial charge in [0.2, 0.25) is 5.91 Å². The standard InChI is InChI=1S/C17H24N4O/c1-11(2)15-9-16(19-17(22)13(4)10-18)21(20-15)14-7-5-12(3)6-8-14/h5-9,11,13H,10,18H2,1-4H3,(H,19,22). The van der Waals surface area contributed by atoms with Crippen molar-refractivity contribution in [2.45, 2.75) is 33.6 Å². The van der Waals surface area contributed by atoms with Gasteiger partial charge in [-0.1, -0.05) is 38.5 Å². The quantitative estimate of drug-likeness (QED) is 0.891. The topological polar surface area (TPSA) is 72.9 Å². The number of amides is 1. The first kappa shape index (κ1) is 16.2. The molecule has 1 unspecified atom stereocenters. The minimum atomic E-state index is -0.233. The maximum atomic E-state index is 12.1. The summed E-state index contributed by atoms with van der Waals surface area (Å²) < 4.78 is 1.77. The first-order valence-corrected chi connectivity index (χ1v) is 7.60. The Morgan fingerprint density at radius 2 is 1.91 bits per heavy atom. The minimum Gasteiger partial charge on any atom is -0.330 e. The second-order valence-electron chi connectivity index (χ2n) is 5.98. The molecular formula is C17H24N4O. The van der Waals surface area contributed by atoms with E-state index < -0.39 is 0 Å². The molecule has 0 aliphatic carbocycles. The van der Waals surface area contributed by atoms with Gasteiger partial charge in [0.25, 0.3) is 0 Å². The van der Waals surface area contributed by atoms with Crippen molar-refractivity contribution >= 4 is 11.7 Å². The number of carbonyl (C=O) groups is 1. The normalized spacial score (nSPS) is 12.5. The van der Waals surface area contributed by atoms with Crippen molar-refractivity contribution in [3.05, 3.63) is 41.6 Å². The Kier molecular flexibility index (Phi) is 4.98. The van der Waals surface area contributed by atoms with Crippen molar-refractivity contribution in [2.75, 3.05) is 11.9 Å². The monoisotopic (exact) mass is 300 g/mol. The van der Waals surface area contributed by atoms with E-state index in [1.807, 2.05) is 44.2 Å². The smallest absolute Gasteiger partial charge is 0.229 e. The highest BCUT2D eigenvalue weighted by atomic mass is 16.2. The number of nitrogens with two attached hydrogens (primary N) is 1. The summed E-state index contributed by atoms with van der Waals surface area (Å²) >= 11 is 0. The van der Waals surface area contributed by atoms with Crippen LogP contribution in [0.3, 0.4) is 0 Å². The summed E-state index contributed by atoms with van der Waals surface area (Å²) in [5.41, 5.74) is 8.61. The molecular weight excluding hydrogens is 276 g/mol. The molecule has 5 nitrogen and oxygen atoms in total. The first-order chi connectivity index (χ1) is 10.4. The average Bonchev–Trinajstić information content (AvgIpc) is 2.91. The van der Waals surface area contributed by atoms with Crippen LogP contribution in [0.5, 0.6) is 0 Å². The lowest BCUT2D eigenvalue weighted by molar-refractivity contribution is -0.119. The molecule has 0 aliphatic rings. The Morgan fingerprint density at radius 1 is 1.27 bits per heavy atom. The van der Waals surface area contributed by atoms with Gasteiger partial charge in [0.05, 0.1) is 11.4 Å². The van der Waals surface area contributed by atoms with E-state index in [0.29, 0.717) is 12.4 Å². The molecule has 0 saturated carbocycles. The number of aryl methyl sites for hydroxylation is 1. The molecule has 5 heteroatoms. The van der Waals surface area contributed by atoms with E-state index in [1.54, 1.807) is 4.68 Å². The van der Waals surface area contributed by atoms with Gasteiger partial charge in [0, 0.05) is 18.5 Å². The fourth-order valence-electron chi connectivity index (χ4n) is 2.01. The van der Waals surface area contributed by atoms with Crippen LogP contribution in [0, 0.1) is 12.8 Å². The molecule has 0 bridgehead atoms. The van der Waals surface area contributed by atoms with Crippen LogP contribution in [0.1, 0.15) is 37.9 Å². The van der Waals surface area contributed by atoms with E-state index >= 15 is 0 Å². The van der Waals surface area contributed by atoms with E-state index in [-0.39, 0.29) is 17.7 Å². The predicted molar refractivity (Wildman–Crippen MR) is 89.2 cm³/mol. The lowest BCUT2D eigenvalue weighted by Gasteiger charge is -2.12. The van der Waals surface area contributed by atoms with Crippen LogP contribution in [-0.2, 0) is 4.79 Å². The Hall–Kier alpha value is -2.14. The number of carbonyl (C=O) groups excluding carboxylic acids is 1. The summed E-state index contributed by atoms with van der Waals surface area (Å²) in [6.07, 6.45) is 0. The average molecular weight is 300 g/mol. The van der Waals surface area contributed by atoms with Crippen molar-refractivity contribution in [1.82, 2.24) is 9.78 Å². The second kappa shape index (κ2) is 6.75. The number of hydrogen-bond donors (Lipinski definition) is 2. The number of aromatic nitrogens is 2. The number of benzene rings is 1. The minimum absolute atomic E-state index is 0.0916. The van der Waals surface area contributed by atoms with Crippen molar-refractivity contribution in [3.63, 3.8) is 0 Å². The molecule has 1 amide bonds. The Morgan fingerprint density at radius 3 is 2.45 bits per heavy atom. The predicted octanol–water partition coefficient (Wildman–Crippen LogP) is 2.84. The van der Waals surface area contributed by atoms with Crippen LogP contribution >= 0.6 is 0 Å². The summed E-state index contributed by atoms with van der Waals surface area (Å²) in [7, 11) is 0. The highest BCUT2D eigenvalue weighted by Gasteiger charge is 2.17. The van der Waals surface area contributed by atoms with Gasteiger partial charge in [-0.2, -0.15) is 5.10 Å². The largest absolute Gasteiger partial charge is 0.330 e. The Balaban J connectivity index is 2.39. The maximum absolute atomic E-state index is 12.1. The third kappa shape index (κ3) is 3.54. The fraction of sp³-hybridized carbons (Fsp3) is 0.412. The highest BCUT2D eigenvalue weighted by molar-refractivity contribution is 5.92. The molecule has 1 atom stereocenters. The van der Waals surface area contributed by atoms with Gasteiger partial charge >= 0.3 is 0 Å². The number of rotatable bonds is 5. The summed E-state index contributed by atoms with van der Waals surface area (Å²) in [5.74, 6) is 0.641. The van der Waals surface area contributed by atoms with Gasteiger partial charge in [0.1, 0.15) is 5.82 Å². The second-order valence-corrected chi connectivity index (χ2v) is 5.98. The Labute approximate surface area is 131 Å². The van der Waals surface area contributed by atoms with Crippen LogP contribution in [0.15, 0.2) is 30.3 Å². The molecule has 22 heavy (non-hydrogen) atoms. The number of hydrogen-bond acceptors (Lipinski definition) is 3. The van der Waals surface area contributed by atoms with Crippen molar-refractivity contribution < 1.29 is 4.79 Å². The van der Waals surface area contributed by atoms with Gasteiger partial charge in [-0.15, -0.1) is 0 Å². The molecule has 0 saturated heterocycles. The molecule has 2 aromatic rings. The third-order valence-electron chi connectivity index (χ3n) is 3.65. The number of nitrogens with one attached hydrogen (secondary N) is 1. The lowest BCUT2D eigenvalue weighted by Crippen LogP contribution is -2.27. The van der Waals surface area contributed by atoms with Crippen LogP contribution in [0.25, 0.3) is 5.69 Å². The van der Waals surface area contributed by atoms with E-state index in [4.69, 9.17) is 5.73 Å². The molecule has 1 aromatic carbocycles. The first-order valence-electron chi connectivity index (χ1n) is 7.60. The molecule has 0 fully saturated rings. The summed E-state index contributed by atoms with van der Waals surface area (Å²) in [6.45, 7) is 8.33. The van der Waals surface area contributed by atoms with Gasteiger partial charge in [0.15, 0.2) is 0 Å². The van der Waals surface area contributed by atoms with E-state index in [2.05, 4.69) is 24.3 Å². The van der Waals surface area contributed by atoms with Gasteiger partial charge in [-0.25, -0.2) is 4.68 Å². The molecule has 0 aliphatic heterocycles. The molecule has 3 N–H and O–H groups in total. The summed E-state index contributed by atoms with van der Waals surface area (Å²) in [5, 5.41) is 7.55. The molecule has 1 heterocycles. The van der Waals surface area contributed by atoms with Gasteiger partial charge in [-0.05, 0) is 25.0 Å². The van der Waals surface area contributed by atoms with E-state index in [0.717, 1.165) is 11.4 Å². The molecule has 0 radical (unpaired) electrons. The van der Waals surface area contributed by atoms with E-state index in [1.165, 1.54) is 5.56 Å². The van der Waals surface area contributed by atoms with Crippen LogP contribution < -0.4 is 11.1 Å². The zero-order chi connectivity index (χ0) is 16.3. The van der Waals surface area contributed by atoms with Crippen molar-refractivity contribution in [2.24, 2.45) is 11.7 Å². The van der Waals surface area contributed by atoms with Crippen molar-refractivity contribution in [3.8, 4) is 5.69 Å². The lowest BCUT2D eigenvalue weighted by atomic mass is 10.1. The maximum Gasteiger partial charge on any atom is 0.229 e. The zero-order valence-corrected chi connectivity index (χ0v) is 13.6. The third-order valence-corrected chi connectivity index (χ3v) is 3.65. The zero-order valence-electron chi connectivity index (χ0n) is 13.6. The fourth-order valence-corrected chi connectivity index (χ4v) is 2.01. The summed E-state index contributed by atoms with van der Waals surface area (Å²) in [6, 6.07) is 9.97. The molecule has 118 valence electrons. The van der Waals surface area contributed by atoms with E-state index in [9.17, 15) is 4.79 Å². The summed E-state index contributed by atoms with van der Waals surface area (Å²) in [4.78, 5) is 12.1. The highest BCUT2D eigenvalue weighted by Crippen LogP contribution is 2.22. The Bertz CT molecular complexity index is 643. The van der Waals surface area contributed by atoms with Gasteiger partial charge < -0.3 is 11.1 Å². The number of anilines is 1. The molecule has 1 aromatic heterocycles. The van der Waals surface area contributed by atoms with Crippen molar-refractivity contribution in [1.29, 1.82) is 0 Å².